The molecule has 4 rings (SSSR count). The van der Waals surface area contributed by atoms with E-state index in [1.165, 1.54) is 21.1 Å². The molecule has 280 valence electrons. The van der Waals surface area contributed by atoms with E-state index < -0.39 is 35.9 Å². The molecule has 0 fully saturated rings. The minimum absolute atomic E-state index is 0.0502. The van der Waals surface area contributed by atoms with E-state index in [2.05, 4.69) is 21.3 Å². The lowest BCUT2D eigenvalue weighted by atomic mass is 10.0. The molecular weight excluding hydrogens is 670 g/mol. The Morgan fingerprint density at radius 3 is 2.29 bits per heavy atom. The number of fused-ring (bicyclic) bond motifs is 3. The summed E-state index contributed by atoms with van der Waals surface area (Å²) in [5.74, 6) is -0.934. The Kier molecular flexibility index (Phi) is 14.2. The van der Waals surface area contributed by atoms with Crippen molar-refractivity contribution < 1.29 is 43.6 Å². The lowest BCUT2D eigenvalue weighted by molar-refractivity contribution is -0.135. The highest BCUT2D eigenvalue weighted by atomic mass is 16.5. The predicted molar refractivity (Wildman–Crippen MR) is 193 cm³/mol. The van der Waals surface area contributed by atoms with Crippen LogP contribution in [0.1, 0.15) is 55.1 Å². The third kappa shape index (κ3) is 10.8. The van der Waals surface area contributed by atoms with Crippen molar-refractivity contribution in [3.63, 3.8) is 0 Å². The molecule has 4 amide bonds. The van der Waals surface area contributed by atoms with E-state index in [0.29, 0.717) is 60.9 Å². The zero-order chi connectivity index (χ0) is 37.8. The number of aliphatic hydroxyl groups excluding tert-OH is 1. The SMILES string of the molecule is COc1ccc2cc1Oc1cccc(OC)c1CNC(=O)[C@@H](C(C)C)NC(=O)[C@H]([C@@H](C)O)NC(=O)CN(Cc1cccc(O)c1)CCCCNC2=O. The number of aromatic hydroxyl groups is 1. The van der Waals surface area contributed by atoms with Crippen LogP contribution < -0.4 is 35.5 Å². The number of rotatable bonds is 6. The van der Waals surface area contributed by atoms with Crippen LogP contribution >= 0.6 is 0 Å². The summed E-state index contributed by atoms with van der Waals surface area (Å²) < 4.78 is 17.4. The van der Waals surface area contributed by atoms with E-state index in [9.17, 15) is 29.4 Å². The van der Waals surface area contributed by atoms with Crippen molar-refractivity contribution in [1.29, 1.82) is 0 Å². The van der Waals surface area contributed by atoms with Gasteiger partial charge in [0.2, 0.25) is 17.7 Å². The van der Waals surface area contributed by atoms with Crippen molar-refractivity contribution in [3.8, 4) is 28.7 Å². The van der Waals surface area contributed by atoms with E-state index in [1.54, 1.807) is 68.4 Å². The van der Waals surface area contributed by atoms with Gasteiger partial charge in [-0.15, -0.1) is 0 Å². The lowest BCUT2D eigenvalue weighted by Gasteiger charge is -2.28. The minimum atomic E-state index is -1.35. The maximum atomic E-state index is 13.6. The van der Waals surface area contributed by atoms with E-state index in [1.807, 2.05) is 11.0 Å². The Morgan fingerprint density at radius 1 is 0.846 bits per heavy atom. The van der Waals surface area contributed by atoms with Crippen molar-refractivity contribution in [2.45, 2.75) is 64.9 Å². The molecule has 0 unspecified atom stereocenters. The van der Waals surface area contributed by atoms with Gasteiger partial charge in [-0.05, 0) is 80.3 Å². The van der Waals surface area contributed by atoms with Crippen LogP contribution in [0.25, 0.3) is 0 Å². The Morgan fingerprint density at radius 2 is 1.60 bits per heavy atom. The van der Waals surface area contributed by atoms with Crippen LogP contribution in [0.15, 0.2) is 60.7 Å². The number of phenolic OH excluding ortho intramolecular Hbond substituents is 1. The number of aliphatic hydroxyl groups is 1. The van der Waals surface area contributed by atoms with Gasteiger partial charge in [-0.3, -0.25) is 24.1 Å². The first-order chi connectivity index (χ1) is 24.9. The maximum absolute atomic E-state index is 13.6. The lowest BCUT2D eigenvalue weighted by Crippen LogP contribution is -2.59. The average Bonchev–Trinajstić information content (AvgIpc) is 3.11. The largest absolute Gasteiger partial charge is 0.508 e. The normalized spacial score (nSPS) is 19.2. The summed E-state index contributed by atoms with van der Waals surface area (Å²) in [6.45, 7) is 5.86. The number of phenols is 1. The number of hydrogen-bond acceptors (Lipinski definition) is 10. The van der Waals surface area contributed by atoms with E-state index >= 15 is 0 Å². The molecule has 6 N–H and O–H groups in total. The standard InChI is InChI=1S/C38H49N5O9/c1-23(2)34-37(48)40-20-28-29(50-4)12-9-13-30(28)52-32-19-26(14-15-31(32)51-5)36(47)39-16-6-7-17-43(21-25-10-8-11-27(45)18-25)22-33(46)41-35(24(3)44)38(49)42-34/h8-15,18-19,23-24,34-35,44-45H,6-7,16-17,20-22H2,1-5H3,(H,39,47)(H,40,48)(H,41,46)(H,42,49)/t24-,34-,35+/m1/s1. The Labute approximate surface area is 303 Å². The third-order valence-electron chi connectivity index (χ3n) is 8.59. The van der Waals surface area contributed by atoms with Gasteiger partial charge in [-0.1, -0.05) is 32.0 Å². The Hall–Kier alpha value is -5.34. The highest BCUT2D eigenvalue weighted by molar-refractivity contribution is 5.95. The molecule has 0 saturated heterocycles. The molecule has 14 nitrogen and oxygen atoms in total. The molecule has 0 aromatic heterocycles. The Balaban J connectivity index is 1.66. The molecule has 0 aliphatic carbocycles. The van der Waals surface area contributed by atoms with Crippen LogP contribution in [0.4, 0.5) is 0 Å². The van der Waals surface area contributed by atoms with Gasteiger partial charge in [0, 0.05) is 18.7 Å². The van der Waals surface area contributed by atoms with E-state index in [4.69, 9.17) is 14.2 Å². The zero-order valence-electron chi connectivity index (χ0n) is 30.2. The summed E-state index contributed by atoms with van der Waals surface area (Å²) in [5.41, 5.74) is 1.61. The smallest absolute Gasteiger partial charge is 0.251 e. The van der Waals surface area contributed by atoms with Gasteiger partial charge in [0.05, 0.1) is 39.0 Å². The zero-order valence-corrected chi connectivity index (χ0v) is 30.2. The molecule has 0 spiro atoms. The van der Waals surface area contributed by atoms with Gasteiger partial charge < -0.3 is 45.7 Å². The molecule has 3 aromatic carbocycles. The fourth-order valence-corrected chi connectivity index (χ4v) is 5.81. The number of methoxy groups -OCH3 is 2. The maximum Gasteiger partial charge on any atom is 0.251 e. The number of ether oxygens (including phenoxy) is 3. The molecule has 3 aromatic rings. The molecule has 0 saturated carbocycles. The van der Waals surface area contributed by atoms with Crippen molar-refractivity contribution >= 4 is 23.6 Å². The van der Waals surface area contributed by atoms with Gasteiger partial charge in [0.15, 0.2) is 11.5 Å². The first kappa shape index (κ1) is 39.4. The molecule has 1 aliphatic rings. The second-order valence-electron chi connectivity index (χ2n) is 13.0. The van der Waals surface area contributed by atoms with Gasteiger partial charge in [0.1, 0.15) is 29.3 Å². The molecule has 3 atom stereocenters. The predicted octanol–water partition coefficient (Wildman–Crippen LogP) is 2.85. The van der Waals surface area contributed by atoms with Gasteiger partial charge >= 0.3 is 0 Å². The highest BCUT2D eigenvalue weighted by Crippen LogP contribution is 2.37. The van der Waals surface area contributed by atoms with Crippen molar-refractivity contribution in [3.05, 3.63) is 77.4 Å². The number of amides is 4. The second kappa shape index (κ2) is 18.8. The van der Waals surface area contributed by atoms with Gasteiger partial charge in [0.25, 0.3) is 5.91 Å². The van der Waals surface area contributed by atoms with Crippen molar-refractivity contribution in [2.24, 2.45) is 5.92 Å². The first-order valence-corrected chi connectivity index (χ1v) is 17.3. The summed E-state index contributed by atoms with van der Waals surface area (Å²) in [4.78, 5) is 55.5. The molecule has 1 heterocycles. The van der Waals surface area contributed by atoms with Crippen LogP contribution in [0.3, 0.4) is 0 Å². The topological polar surface area (TPSA) is 188 Å². The number of carbonyl (C=O) groups is 4. The molecule has 2 bridgehead atoms. The minimum Gasteiger partial charge on any atom is -0.508 e. The fourth-order valence-electron chi connectivity index (χ4n) is 5.81. The van der Waals surface area contributed by atoms with Crippen LogP contribution in [0.2, 0.25) is 0 Å². The molecular formula is C38H49N5O9. The quantitative estimate of drug-likeness (QED) is 0.221. The van der Waals surface area contributed by atoms with Crippen molar-refractivity contribution in [1.82, 2.24) is 26.2 Å². The number of nitrogens with one attached hydrogen (secondary N) is 4. The molecule has 14 heteroatoms. The number of carbonyl (C=O) groups excluding carboxylic acids is 4. The summed E-state index contributed by atoms with van der Waals surface area (Å²) in [7, 11) is 2.97. The number of benzene rings is 3. The first-order valence-electron chi connectivity index (χ1n) is 17.3. The molecule has 0 radical (unpaired) electrons. The summed E-state index contributed by atoms with van der Waals surface area (Å²) in [6, 6.07) is 14.3. The fraction of sp³-hybridized carbons (Fsp3) is 0.421. The summed E-state index contributed by atoms with van der Waals surface area (Å²) >= 11 is 0. The van der Waals surface area contributed by atoms with Crippen LogP contribution in [0.5, 0.6) is 28.7 Å². The van der Waals surface area contributed by atoms with E-state index in [0.717, 1.165) is 5.56 Å². The van der Waals surface area contributed by atoms with Crippen LogP contribution in [0, 0.1) is 5.92 Å². The summed E-state index contributed by atoms with van der Waals surface area (Å²) in [5, 5.41) is 31.7. The third-order valence-corrected chi connectivity index (χ3v) is 8.59. The molecule has 1 aliphatic heterocycles. The van der Waals surface area contributed by atoms with E-state index in [-0.39, 0.29) is 36.4 Å². The average molecular weight is 720 g/mol. The van der Waals surface area contributed by atoms with Crippen molar-refractivity contribution in [2.75, 3.05) is 33.9 Å². The molecule has 52 heavy (non-hydrogen) atoms. The monoisotopic (exact) mass is 719 g/mol. The van der Waals surface area contributed by atoms with Crippen LogP contribution in [-0.2, 0) is 27.5 Å². The van der Waals surface area contributed by atoms with Crippen LogP contribution in [-0.4, -0.2) is 90.8 Å². The second-order valence-corrected chi connectivity index (χ2v) is 13.0. The Bertz CT molecular complexity index is 1710. The van der Waals surface area contributed by atoms with Gasteiger partial charge in [-0.2, -0.15) is 0 Å². The summed E-state index contributed by atoms with van der Waals surface area (Å²) in [6.07, 6.45) is -0.0824. The van der Waals surface area contributed by atoms with Gasteiger partial charge in [-0.25, -0.2) is 0 Å². The number of nitrogens with zero attached hydrogens (tertiary/aromatic N) is 1. The number of hydrogen-bond donors (Lipinski definition) is 6. The highest BCUT2D eigenvalue weighted by Gasteiger charge is 2.32.